The lowest BCUT2D eigenvalue weighted by Gasteiger charge is -2.41. The molecule has 3 nitrogen and oxygen atoms in total. The average Bonchev–Trinajstić information content (AvgIpc) is 2.47. The molecule has 1 fully saturated rings. The number of rotatable bonds is 5. The molecule has 3 heteroatoms. The molecule has 118 valence electrons. The van der Waals surface area contributed by atoms with Crippen molar-refractivity contribution in [3.05, 3.63) is 35.9 Å². The molecule has 2 N–H and O–H groups in total. The lowest BCUT2D eigenvalue weighted by molar-refractivity contribution is 0.0952. The number of piperidine rings is 1. The second-order valence-electron chi connectivity index (χ2n) is 7.33. The van der Waals surface area contributed by atoms with Gasteiger partial charge in [0.25, 0.3) is 0 Å². The number of benzene rings is 1. The first-order valence-electron chi connectivity index (χ1n) is 8.09. The van der Waals surface area contributed by atoms with Crippen LogP contribution in [0.3, 0.4) is 0 Å². The van der Waals surface area contributed by atoms with Crippen LogP contribution in [-0.2, 0) is 0 Å². The first-order valence-corrected chi connectivity index (χ1v) is 8.09. The van der Waals surface area contributed by atoms with E-state index in [-0.39, 0.29) is 11.5 Å². The zero-order valence-corrected chi connectivity index (χ0v) is 14.0. The summed E-state index contributed by atoms with van der Waals surface area (Å²) >= 11 is 0. The van der Waals surface area contributed by atoms with E-state index in [0.717, 1.165) is 6.54 Å². The Balaban J connectivity index is 1.96. The van der Waals surface area contributed by atoms with Crippen molar-refractivity contribution in [1.29, 1.82) is 0 Å². The van der Waals surface area contributed by atoms with Gasteiger partial charge in [-0.3, -0.25) is 0 Å². The quantitative estimate of drug-likeness (QED) is 0.904. The Kier molecular flexibility index (Phi) is 5.42. The number of hydrogen-bond acceptors (Lipinski definition) is 3. The Morgan fingerprint density at radius 1 is 1.24 bits per heavy atom. The number of nitrogens with two attached hydrogens (primary N) is 1. The van der Waals surface area contributed by atoms with Crippen LogP contribution in [0.5, 0.6) is 0 Å². The maximum atomic E-state index is 6.54. The zero-order chi connectivity index (χ0) is 15.5. The van der Waals surface area contributed by atoms with E-state index in [1.165, 1.54) is 31.5 Å². The van der Waals surface area contributed by atoms with E-state index in [2.05, 4.69) is 62.0 Å². The van der Waals surface area contributed by atoms with Crippen LogP contribution < -0.4 is 5.73 Å². The molecule has 0 amide bonds. The van der Waals surface area contributed by atoms with Crippen molar-refractivity contribution in [2.75, 3.05) is 33.7 Å². The van der Waals surface area contributed by atoms with Gasteiger partial charge in [-0.15, -0.1) is 0 Å². The second-order valence-corrected chi connectivity index (χ2v) is 7.33. The van der Waals surface area contributed by atoms with Crippen LogP contribution in [-0.4, -0.2) is 49.6 Å². The monoisotopic (exact) mass is 289 g/mol. The molecule has 1 aliphatic rings. The van der Waals surface area contributed by atoms with Gasteiger partial charge >= 0.3 is 0 Å². The van der Waals surface area contributed by atoms with E-state index in [1.54, 1.807) is 0 Å². The molecule has 1 aromatic carbocycles. The summed E-state index contributed by atoms with van der Waals surface area (Å²) in [6, 6.07) is 11.3. The standard InChI is InChI=1S/C18H31N3/c1-18(2,17(19)15-8-6-5-7-9-15)14-21(4)16-10-12-20(3)13-11-16/h5-9,16-17H,10-14,19H2,1-4H3. The fourth-order valence-corrected chi connectivity index (χ4v) is 3.42. The summed E-state index contributed by atoms with van der Waals surface area (Å²) < 4.78 is 0. The molecule has 21 heavy (non-hydrogen) atoms. The molecule has 0 aromatic heterocycles. The van der Waals surface area contributed by atoms with E-state index >= 15 is 0 Å². The molecule has 1 saturated heterocycles. The minimum atomic E-state index is 0.0689. The molecule has 1 aliphatic heterocycles. The minimum Gasteiger partial charge on any atom is -0.323 e. The summed E-state index contributed by atoms with van der Waals surface area (Å²) in [6.07, 6.45) is 2.54. The minimum absolute atomic E-state index is 0.0689. The molecule has 2 rings (SSSR count). The predicted octanol–water partition coefficient (Wildman–Crippen LogP) is 2.74. The van der Waals surface area contributed by atoms with Gasteiger partial charge in [0.2, 0.25) is 0 Å². The molecule has 0 bridgehead atoms. The van der Waals surface area contributed by atoms with Crippen molar-refractivity contribution < 1.29 is 0 Å². The summed E-state index contributed by atoms with van der Waals surface area (Å²) in [5, 5.41) is 0. The fraction of sp³-hybridized carbons (Fsp3) is 0.667. The van der Waals surface area contributed by atoms with Crippen molar-refractivity contribution in [3.63, 3.8) is 0 Å². The maximum absolute atomic E-state index is 6.54. The fourth-order valence-electron chi connectivity index (χ4n) is 3.42. The van der Waals surface area contributed by atoms with Gasteiger partial charge in [0.15, 0.2) is 0 Å². The highest BCUT2D eigenvalue weighted by Gasteiger charge is 2.31. The molecule has 1 heterocycles. The normalized spacial score (nSPS) is 19.9. The lowest BCUT2D eigenvalue weighted by Crippen LogP contribution is -2.47. The van der Waals surface area contributed by atoms with E-state index in [4.69, 9.17) is 5.73 Å². The Morgan fingerprint density at radius 2 is 1.81 bits per heavy atom. The van der Waals surface area contributed by atoms with E-state index in [9.17, 15) is 0 Å². The van der Waals surface area contributed by atoms with E-state index in [1.807, 2.05) is 6.07 Å². The number of hydrogen-bond donors (Lipinski definition) is 1. The smallest absolute Gasteiger partial charge is 0.0359 e. The van der Waals surface area contributed by atoms with Crippen molar-refractivity contribution in [1.82, 2.24) is 9.80 Å². The highest BCUT2D eigenvalue weighted by atomic mass is 15.2. The van der Waals surface area contributed by atoms with Gasteiger partial charge < -0.3 is 15.5 Å². The first-order chi connectivity index (χ1) is 9.90. The summed E-state index contributed by atoms with van der Waals surface area (Å²) in [4.78, 5) is 4.95. The number of likely N-dealkylation sites (tertiary alicyclic amines) is 1. The highest BCUT2D eigenvalue weighted by molar-refractivity contribution is 5.20. The van der Waals surface area contributed by atoms with Crippen LogP contribution in [0, 0.1) is 5.41 Å². The van der Waals surface area contributed by atoms with Crippen molar-refractivity contribution >= 4 is 0 Å². The maximum Gasteiger partial charge on any atom is 0.0359 e. The number of nitrogens with zero attached hydrogens (tertiary/aromatic N) is 2. The van der Waals surface area contributed by atoms with Gasteiger partial charge in [0.05, 0.1) is 0 Å². The summed E-state index contributed by atoms with van der Waals surface area (Å²) in [5.41, 5.74) is 7.84. The summed E-state index contributed by atoms with van der Waals surface area (Å²) in [6.45, 7) is 8.03. The largest absolute Gasteiger partial charge is 0.323 e. The van der Waals surface area contributed by atoms with Crippen molar-refractivity contribution in [2.24, 2.45) is 11.1 Å². The van der Waals surface area contributed by atoms with Gasteiger partial charge in [-0.1, -0.05) is 44.2 Å². The highest BCUT2D eigenvalue weighted by Crippen LogP contribution is 2.33. The van der Waals surface area contributed by atoms with Gasteiger partial charge in [0.1, 0.15) is 0 Å². The Morgan fingerprint density at radius 3 is 2.38 bits per heavy atom. The molecule has 1 atom stereocenters. The molecule has 0 spiro atoms. The molecule has 0 aliphatic carbocycles. The molecule has 0 radical (unpaired) electrons. The van der Waals surface area contributed by atoms with Gasteiger partial charge in [-0.2, -0.15) is 0 Å². The van der Waals surface area contributed by atoms with Crippen LogP contribution in [0.25, 0.3) is 0 Å². The van der Waals surface area contributed by atoms with Crippen LogP contribution in [0.1, 0.15) is 38.3 Å². The third-order valence-electron chi connectivity index (χ3n) is 4.97. The third-order valence-corrected chi connectivity index (χ3v) is 4.97. The lowest BCUT2D eigenvalue weighted by atomic mass is 9.80. The Bertz CT molecular complexity index is 421. The first kappa shape index (κ1) is 16.5. The van der Waals surface area contributed by atoms with Crippen molar-refractivity contribution in [3.8, 4) is 0 Å². The average molecular weight is 289 g/mol. The second kappa shape index (κ2) is 6.91. The van der Waals surface area contributed by atoms with Gasteiger partial charge in [-0.25, -0.2) is 0 Å². The summed E-state index contributed by atoms with van der Waals surface area (Å²) in [5.74, 6) is 0. The van der Waals surface area contributed by atoms with Crippen molar-refractivity contribution in [2.45, 2.75) is 38.8 Å². The molecular weight excluding hydrogens is 258 g/mol. The van der Waals surface area contributed by atoms with Crippen LogP contribution in [0.15, 0.2) is 30.3 Å². The van der Waals surface area contributed by atoms with Gasteiger partial charge in [0, 0.05) is 18.6 Å². The zero-order valence-electron chi connectivity index (χ0n) is 14.0. The SMILES string of the molecule is CN1CCC(N(C)CC(C)(C)C(N)c2ccccc2)CC1. The van der Waals surface area contributed by atoms with Crippen LogP contribution >= 0.6 is 0 Å². The molecule has 1 aromatic rings. The molecular formula is C18H31N3. The molecule has 0 saturated carbocycles. The summed E-state index contributed by atoms with van der Waals surface area (Å²) in [7, 11) is 4.47. The van der Waals surface area contributed by atoms with Crippen LogP contribution in [0.2, 0.25) is 0 Å². The Hall–Kier alpha value is -0.900. The molecule has 1 unspecified atom stereocenters. The third kappa shape index (κ3) is 4.29. The topological polar surface area (TPSA) is 32.5 Å². The van der Waals surface area contributed by atoms with Crippen LogP contribution in [0.4, 0.5) is 0 Å². The van der Waals surface area contributed by atoms with Gasteiger partial charge in [-0.05, 0) is 51.0 Å². The van der Waals surface area contributed by atoms with E-state index in [0.29, 0.717) is 6.04 Å². The predicted molar refractivity (Wildman–Crippen MR) is 90.3 cm³/mol. The Labute approximate surface area is 130 Å². The van der Waals surface area contributed by atoms with E-state index < -0.39 is 0 Å².